The van der Waals surface area contributed by atoms with Gasteiger partial charge in [0.05, 0.1) is 0 Å². The number of rotatable bonds is 13. The number of anilines is 7. The molecule has 0 aliphatic carbocycles. The van der Waals surface area contributed by atoms with Crippen LogP contribution < -0.4 is 15.5 Å². The fourth-order valence-corrected chi connectivity index (χ4v) is 7.38. The first-order chi connectivity index (χ1) is 23.7. The Kier molecular flexibility index (Phi) is 9.72. The predicted molar refractivity (Wildman–Crippen MR) is 211 cm³/mol. The predicted octanol–water partition coefficient (Wildman–Crippen LogP) is 13.7. The van der Waals surface area contributed by atoms with Gasteiger partial charge >= 0.3 is 0 Å². The summed E-state index contributed by atoms with van der Waals surface area (Å²) in [6.07, 6.45) is 7.17. The van der Waals surface area contributed by atoms with Gasteiger partial charge in [-0.2, -0.15) is 0 Å². The SMILES string of the molecule is CCCCc1ccc(Nc2ccc(N(c3ccc(Nc4ccc(CCCC)cc4)cc3)c3ccc4sc5ccccc5c4c3)cc2)cc1. The van der Waals surface area contributed by atoms with Gasteiger partial charge in [0.2, 0.25) is 0 Å². The molecule has 0 unspecified atom stereocenters. The third kappa shape index (κ3) is 7.25. The Balaban J connectivity index is 1.17. The van der Waals surface area contributed by atoms with Gasteiger partial charge in [0.25, 0.3) is 0 Å². The molecule has 0 bridgehead atoms. The van der Waals surface area contributed by atoms with E-state index in [1.54, 1.807) is 0 Å². The fourth-order valence-electron chi connectivity index (χ4n) is 6.29. The van der Waals surface area contributed by atoms with Crippen LogP contribution in [0, 0.1) is 0 Å². The highest BCUT2D eigenvalue weighted by Crippen LogP contribution is 2.41. The van der Waals surface area contributed by atoms with Crippen molar-refractivity contribution in [2.75, 3.05) is 15.5 Å². The molecule has 48 heavy (non-hydrogen) atoms. The molecule has 6 aromatic carbocycles. The molecule has 7 rings (SSSR count). The molecule has 2 N–H and O–H groups in total. The van der Waals surface area contributed by atoms with Gasteiger partial charge < -0.3 is 15.5 Å². The van der Waals surface area contributed by atoms with E-state index in [0.29, 0.717) is 0 Å². The maximum atomic E-state index is 3.59. The first kappa shape index (κ1) is 31.5. The number of nitrogens with zero attached hydrogens (tertiary/aromatic N) is 1. The second-order valence-corrected chi connectivity index (χ2v) is 13.6. The first-order valence-electron chi connectivity index (χ1n) is 17.3. The lowest BCUT2D eigenvalue weighted by atomic mass is 10.1. The van der Waals surface area contributed by atoms with Crippen LogP contribution in [0.4, 0.5) is 39.8 Å². The third-order valence-electron chi connectivity index (χ3n) is 8.99. The van der Waals surface area contributed by atoms with E-state index >= 15 is 0 Å². The lowest BCUT2D eigenvalue weighted by molar-refractivity contribution is 0.795. The van der Waals surface area contributed by atoms with E-state index in [2.05, 4.69) is 169 Å². The van der Waals surface area contributed by atoms with Crippen LogP contribution in [0.25, 0.3) is 20.2 Å². The molecule has 1 aromatic heterocycles. The zero-order chi connectivity index (χ0) is 32.7. The number of aryl methyl sites for hydroxylation is 2. The van der Waals surface area contributed by atoms with E-state index in [-0.39, 0.29) is 0 Å². The molecule has 0 radical (unpaired) electrons. The van der Waals surface area contributed by atoms with Gasteiger partial charge in [-0.05, 0) is 134 Å². The molecular weight excluding hydrogens is 603 g/mol. The Hall–Kier alpha value is -5.06. The molecule has 0 amide bonds. The summed E-state index contributed by atoms with van der Waals surface area (Å²) in [5.74, 6) is 0. The minimum absolute atomic E-state index is 1.07. The lowest BCUT2D eigenvalue weighted by Gasteiger charge is -2.26. The molecule has 1 heterocycles. The van der Waals surface area contributed by atoms with Crippen molar-refractivity contribution in [1.29, 1.82) is 0 Å². The smallest absolute Gasteiger partial charge is 0.0468 e. The van der Waals surface area contributed by atoms with Crippen LogP contribution in [0.1, 0.15) is 50.7 Å². The van der Waals surface area contributed by atoms with Crippen LogP contribution in [-0.4, -0.2) is 0 Å². The number of thiophene rings is 1. The summed E-state index contributed by atoms with van der Waals surface area (Å²) in [5.41, 5.74) is 10.5. The number of hydrogen-bond acceptors (Lipinski definition) is 4. The van der Waals surface area contributed by atoms with Crippen molar-refractivity contribution in [2.45, 2.75) is 52.4 Å². The summed E-state index contributed by atoms with van der Waals surface area (Å²) in [6, 6.07) is 50.8. The Labute approximate surface area is 288 Å². The number of benzene rings is 6. The minimum atomic E-state index is 1.07. The van der Waals surface area contributed by atoms with E-state index < -0.39 is 0 Å². The van der Waals surface area contributed by atoms with E-state index in [1.807, 2.05) is 11.3 Å². The second kappa shape index (κ2) is 14.8. The van der Waals surface area contributed by atoms with E-state index in [1.165, 1.54) is 57.0 Å². The van der Waals surface area contributed by atoms with Crippen molar-refractivity contribution in [3.63, 3.8) is 0 Å². The third-order valence-corrected chi connectivity index (χ3v) is 10.1. The van der Waals surface area contributed by atoms with E-state index in [0.717, 1.165) is 52.7 Å². The molecule has 0 fully saturated rings. The number of hydrogen-bond donors (Lipinski definition) is 2. The van der Waals surface area contributed by atoms with Crippen molar-refractivity contribution in [3.05, 3.63) is 151 Å². The molecule has 0 spiro atoms. The fraction of sp³-hybridized carbons (Fsp3) is 0.182. The molecule has 0 saturated carbocycles. The van der Waals surface area contributed by atoms with Crippen LogP contribution in [0.15, 0.2) is 140 Å². The van der Waals surface area contributed by atoms with Gasteiger partial charge in [0.15, 0.2) is 0 Å². The second-order valence-electron chi connectivity index (χ2n) is 12.6. The summed E-state index contributed by atoms with van der Waals surface area (Å²) >= 11 is 1.85. The monoisotopic (exact) mass is 645 g/mol. The summed E-state index contributed by atoms with van der Waals surface area (Å²) < 4.78 is 2.62. The summed E-state index contributed by atoms with van der Waals surface area (Å²) in [7, 11) is 0. The van der Waals surface area contributed by atoms with Gasteiger partial charge in [-0.15, -0.1) is 11.3 Å². The van der Waals surface area contributed by atoms with Gasteiger partial charge in [0, 0.05) is 60.0 Å². The van der Waals surface area contributed by atoms with Gasteiger partial charge in [0.1, 0.15) is 0 Å². The van der Waals surface area contributed by atoms with Crippen molar-refractivity contribution in [1.82, 2.24) is 0 Å². The van der Waals surface area contributed by atoms with Crippen LogP contribution in [0.2, 0.25) is 0 Å². The highest BCUT2D eigenvalue weighted by molar-refractivity contribution is 7.25. The van der Waals surface area contributed by atoms with Crippen LogP contribution in [0.3, 0.4) is 0 Å². The standard InChI is InChI=1S/C44H43N3S/c1-3-5-9-32-13-17-34(18-14-32)45-36-21-25-38(26-22-36)47(40-29-30-44-42(31-40)41-11-7-8-12-43(41)48-44)39-27-23-37(24-28-39)46-35-19-15-33(16-20-35)10-6-4-2/h7-8,11-31,45-46H,3-6,9-10H2,1-2H3. The molecule has 0 atom stereocenters. The van der Waals surface area contributed by atoms with Gasteiger partial charge in [-0.1, -0.05) is 69.2 Å². The van der Waals surface area contributed by atoms with Gasteiger partial charge in [-0.3, -0.25) is 0 Å². The molecule has 7 aromatic rings. The summed E-state index contributed by atoms with van der Waals surface area (Å²) in [6.45, 7) is 4.48. The maximum Gasteiger partial charge on any atom is 0.0468 e. The minimum Gasteiger partial charge on any atom is -0.356 e. The molecule has 0 aliphatic heterocycles. The number of nitrogens with one attached hydrogen (secondary N) is 2. The quantitative estimate of drug-likeness (QED) is 0.131. The average Bonchev–Trinajstić information content (AvgIpc) is 3.51. The Morgan fingerprint density at radius 2 is 0.896 bits per heavy atom. The molecule has 3 nitrogen and oxygen atoms in total. The molecule has 4 heteroatoms. The van der Waals surface area contributed by atoms with Crippen molar-refractivity contribution in [3.8, 4) is 0 Å². The summed E-state index contributed by atoms with van der Waals surface area (Å²) in [4.78, 5) is 2.35. The number of unbranched alkanes of at least 4 members (excludes halogenated alkanes) is 2. The van der Waals surface area contributed by atoms with Crippen molar-refractivity contribution < 1.29 is 0 Å². The number of fused-ring (bicyclic) bond motifs is 3. The van der Waals surface area contributed by atoms with Crippen LogP contribution in [0.5, 0.6) is 0 Å². The van der Waals surface area contributed by atoms with Crippen LogP contribution in [-0.2, 0) is 12.8 Å². The Bertz CT molecular complexity index is 1980. The topological polar surface area (TPSA) is 27.3 Å². The molecule has 240 valence electrons. The lowest BCUT2D eigenvalue weighted by Crippen LogP contribution is -2.10. The van der Waals surface area contributed by atoms with Crippen molar-refractivity contribution >= 4 is 71.3 Å². The molecule has 0 aliphatic rings. The molecular formula is C44H43N3S. The highest BCUT2D eigenvalue weighted by Gasteiger charge is 2.15. The summed E-state index contributed by atoms with van der Waals surface area (Å²) in [5, 5.41) is 9.78. The van der Waals surface area contributed by atoms with Crippen LogP contribution >= 0.6 is 11.3 Å². The zero-order valence-corrected chi connectivity index (χ0v) is 28.7. The average molecular weight is 646 g/mol. The van der Waals surface area contributed by atoms with Crippen molar-refractivity contribution in [2.24, 2.45) is 0 Å². The first-order valence-corrected chi connectivity index (χ1v) is 18.1. The zero-order valence-electron chi connectivity index (χ0n) is 27.9. The molecule has 0 saturated heterocycles. The largest absolute Gasteiger partial charge is 0.356 e. The maximum absolute atomic E-state index is 3.59. The van der Waals surface area contributed by atoms with E-state index in [9.17, 15) is 0 Å². The van der Waals surface area contributed by atoms with E-state index in [4.69, 9.17) is 0 Å². The van der Waals surface area contributed by atoms with Gasteiger partial charge in [-0.25, -0.2) is 0 Å². The Morgan fingerprint density at radius 1 is 0.458 bits per heavy atom. The normalized spacial score (nSPS) is 11.2. The highest BCUT2D eigenvalue weighted by atomic mass is 32.1. The Morgan fingerprint density at radius 3 is 1.40 bits per heavy atom.